The van der Waals surface area contributed by atoms with Gasteiger partial charge in [-0.2, -0.15) is 0 Å². The number of nitrogens with one attached hydrogen (secondary N) is 1. The van der Waals surface area contributed by atoms with E-state index in [1.807, 2.05) is 60.7 Å². The number of benzene rings is 2. The first-order valence-corrected chi connectivity index (χ1v) is 7.43. The molecule has 0 spiro atoms. The molecule has 3 N–H and O–H groups in total. The fourth-order valence-electron chi connectivity index (χ4n) is 2.25. The van der Waals surface area contributed by atoms with Gasteiger partial charge < -0.3 is 11.1 Å². The van der Waals surface area contributed by atoms with E-state index in [4.69, 9.17) is 5.73 Å². The van der Waals surface area contributed by atoms with Crippen LogP contribution in [0.1, 0.15) is 11.3 Å². The van der Waals surface area contributed by atoms with Crippen molar-refractivity contribution < 1.29 is 4.79 Å². The van der Waals surface area contributed by atoms with Crippen LogP contribution in [-0.2, 0) is 4.79 Å². The van der Waals surface area contributed by atoms with Gasteiger partial charge in [0.15, 0.2) is 0 Å². The highest BCUT2D eigenvalue weighted by atomic mass is 16.1. The van der Waals surface area contributed by atoms with E-state index in [1.54, 1.807) is 12.1 Å². The molecule has 3 rings (SSSR count). The maximum Gasteiger partial charge on any atom is 0.249 e. The third kappa shape index (κ3) is 3.84. The highest BCUT2D eigenvalue weighted by Crippen LogP contribution is 2.19. The van der Waals surface area contributed by atoms with Gasteiger partial charge in [-0.3, -0.25) is 4.79 Å². The first-order chi connectivity index (χ1) is 11.7. The van der Waals surface area contributed by atoms with Crippen LogP contribution in [0, 0.1) is 0 Å². The molecule has 24 heavy (non-hydrogen) atoms. The fourth-order valence-corrected chi connectivity index (χ4v) is 2.25. The number of rotatable bonds is 5. The summed E-state index contributed by atoms with van der Waals surface area (Å²) in [5.41, 5.74) is 8.18. The standard InChI is InChI=1S/C19H16N4O/c20-19(24)17(14-7-3-1-4-8-14)11-16-12-18(22-13-21-16)23-15-9-5-2-6-10-15/h1-13H,(H2,20,24)(H,21,22,23). The Balaban J connectivity index is 1.91. The second-order valence-electron chi connectivity index (χ2n) is 5.11. The zero-order chi connectivity index (χ0) is 16.8. The number of aromatic nitrogens is 2. The molecule has 1 aromatic heterocycles. The maximum atomic E-state index is 11.8. The molecule has 5 nitrogen and oxygen atoms in total. The van der Waals surface area contributed by atoms with Crippen molar-refractivity contribution in [3.05, 3.63) is 84.3 Å². The molecule has 0 aliphatic rings. The first-order valence-electron chi connectivity index (χ1n) is 7.43. The highest BCUT2D eigenvalue weighted by molar-refractivity contribution is 6.23. The molecule has 1 amide bonds. The molecule has 0 radical (unpaired) electrons. The molecule has 0 atom stereocenters. The highest BCUT2D eigenvalue weighted by Gasteiger charge is 2.09. The zero-order valence-corrected chi connectivity index (χ0v) is 12.9. The molecule has 0 bridgehead atoms. The number of amides is 1. The summed E-state index contributed by atoms with van der Waals surface area (Å²) in [6.07, 6.45) is 3.11. The summed E-state index contributed by atoms with van der Waals surface area (Å²) in [6, 6.07) is 20.7. The molecule has 3 aromatic rings. The lowest BCUT2D eigenvalue weighted by Crippen LogP contribution is -2.13. The number of nitrogens with two attached hydrogens (primary N) is 1. The third-order valence-electron chi connectivity index (χ3n) is 3.38. The summed E-state index contributed by atoms with van der Waals surface area (Å²) in [6.45, 7) is 0. The van der Waals surface area contributed by atoms with Crippen LogP contribution < -0.4 is 11.1 Å². The van der Waals surface area contributed by atoms with Crippen LogP contribution in [0.2, 0.25) is 0 Å². The molecule has 5 heteroatoms. The van der Waals surface area contributed by atoms with Crippen molar-refractivity contribution in [1.29, 1.82) is 0 Å². The van der Waals surface area contributed by atoms with Gasteiger partial charge in [0.25, 0.3) is 0 Å². The summed E-state index contributed by atoms with van der Waals surface area (Å²) < 4.78 is 0. The minimum absolute atomic E-state index is 0.403. The van der Waals surface area contributed by atoms with E-state index in [2.05, 4.69) is 15.3 Å². The Kier molecular flexibility index (Phi) is 4.62. The lowest BCUT2D eigenvalue weighted by molar-refractivity contribution is -0.112. The van der Waals surface area contributed by atoms with E-state index < -0.39 is 5.91 Å². The Hall–Kier alpha value is -3.47. The number of para-hydroxylation sites is 1. The van der Waals surface area contributed by atoms with Crippen molar-refractivity contribution in [2.45, 2.75) is 0 Å². The van der Waals surface area contributed by atoms with Crippen LogP contribution in [0.3, 0.4) is 0 Å². The summed E-state index contributed by atoms with van der Waals surface area (Å²) in [4.78, 5) is 20.2. The topological polar surface area (TPSA) is 80.9 Å². The van der Waals surface area contributed by atoms with E-state index in [9.17, 15) is 4.79 Å². The molecule has 0 aliphatic carbocycles. The largest absolute Gasteiger partial charge is 0.366 e. The first kappa shape index (κ1) is 15.4. The quantitative estimate of drug-likeness (QED) is 0.708. The summed E-state index contributed by atoms with van der Waals surface area (Å²) in [7, 11) is 0. The number of primary amides is 1. The smallest absolute Gasteiger partial charge is 0.249 e. The molecular formula is C19H16N4O. The lowest BCUT2D eigenvalue weighted by atomic mass is 10.0. The molecule has 0 unspecified atom stereocenters. The SMILES string of the molecule is NC(=O)C(=Cc1cc(Nc2ccccc2)ncn1)c1ccccc1. The summed E-state index contributed by atoms with van der Waals surface area (Å²) in [5, 5.41) is 3.19. The Morgan fingerprint density at radius 2 is 1.62 bits per heavy atom. The second kappa shape index (κ2) is 7.19. The number of carbonyl (C=O) groups is 1. The summed E-state index contributed by atoms with van der Waals surface area (Å²) in [5.74, 6) is 0.136. The van der Waals surface area contributed by atoms with Crippen LogP contribution in [-0.4, -0.2) is 15.9 Å². The maximum absolute atomic E-state index is 11.8. The van der Waals surface area contributed by atoms with Gasteiger partial charge in [0.1, 0.15) is 12.1 Å². The number of hydrogen-bond acceptors (Lipinski definition) is 4. The van der Waals surface area contributed by atoms with E-state index in [1.165, 1.54) is 6.33 Å². The normalized spacial score (nSPS) is 11.1. The van der Waals surface area contributed by atoms with Crippen LogP contribution in [0.5, 0.6) is 0 Å². The molecule has 1 heterocycles. The zero-order valence-electron chi connectivity index (χ0n) is 12.9. The van der Waals surface area contributed by atoms with E-state index >= 15 is 0 Å². The molecule has 0 saturated heterocycles. The number of anilines is 2. The van der Waals surface area contributed by atoms with Crippen LogP contribution >= 0.6 is 0 Å². The number of carbonyl (C=O) groups excluding carboxylic acids is 1. The van der Waals surface area contributed by atoms with E-state index in [-0.39, 0.29) is 0 Å². The Morgan fingerprint density at radius 1 is 0.958 bits per heavy atom. The van der Waals surface area contributed by atoms with Crippen molar-refractivity contribution in [1.82, 2.24) is 9.97 Å². The van der Waals surface area contributed by atoms with Gasteiger partial charge >= 0.3 is 0 Å². The Labute approximate surface area is 139 Å². The molecule has 2 aromatic carbocycles. The summed E-state index contributed by atoms with van der Waals surface area (Å²) >= 11 is 0. The van der Waals surface area contributed by atoms with Gasteiger partial charge in [-0.25, -0.2) is 9.97 Å². The second-order valence-corrected chi connectivity index (χ2v) is 5.11. The predicted octanol–water partition coefficient (Wildman–Crippen LogP) is 3.25. The number of nitrogens with zero attached hydrogens (tertiary/aromatic N) is 2. The fraction of sp³-hybridized carbons (Fsp3) is 0. The molecule has 0 aliphatic heterocycles. The van der Waals surface area contributed by atoms with Crippen molar-refractivity contribution in [3.8, 4) is 0 Å². The molecular weight excluding hydrogens is 300 g/mol. The van der Waals surface area contributed by atoms with Crippen LogP contribution in [0.4, 0.5) is 11.5 Å². The van der Waals surface area contributed by atoms with Crippen molar-refractivity contribution in [2.75, 3.05) is 5.32 Å². The monoisotopic (exact) mass is 316 g/mol. The van der Waals surface area contributed by atoms with E-state index in [0.717, 1.165) is 11.3 Å². The van der Waals surface area contributed by atoms with Gasteiger partial charge in [-0.05, 0) is 23.8 Å². The van der Waals surface area contributed by atoms with Crippen molar-refractivity contribution in [3.63, 3.8) is 0 Å². The van der Waals surface area contributed by atoms with Gasteiger partial charge in [0, 0.05) is 17.3 Å². The molecule has 0 fully saturated rings. The Morgan fingerprint density at radius 3 is 2.29 bits per heavy atom. The Bertz CT molecular complexity index is 861. The predicted molar refractivity (Wildman–Crippen MR) is 95.3 cm³/mol. The molecule has 0 saturated carbocycles. The minimum atomic E-state index is -0.502. The van der Waals surface area contributed by atoms with Crippen LogP contribution in [0.15, 0.2) is 73.1 Å². The lowest BCUT2D eigenvalue weighted by Gasteiger charge is -2.06. The van der Waals surface area contributed by atoms with Gasteiger partial charge in [-0.15, -0.1) is 0 Å². The van der Waals surface area contributed by atoms with Gasteiger partial charge in [0.05, 0.1) is 5.69 Å². The minimum Gasteiger partial charge on any atom is -0.366 e. The van der Waals surface area contributed by atoms with E-state index in [0.29, 0.717) is 17.1 Å². The van der Waals surface area contributed by atoms with Crippen LogP contribution in [0.25, 0.3) is 11.6 Å². The molecule has 118 valence electrons. The third-order valence-corrected chi connectivity index (χ3v) is 3.38. The van der Waals surface area contributed by atoms with Crippen molar-refractivity contribution in [2.24, 2.45) is 5.73 Å². The average molecular weight is 316 g/mol. The van der Waals surface area contributed by atoms with Gasteiger partial charge in [0.2, 0.25) is 5.91 Å². The average Bonchev–Trinajstić information content (AvgIpc) is 2.61. The van der Waals surface area contributed by atoms with Gasteiger partial charge in [-0.1, -0.05) is 48.5 Å². The number of hydrogen-bond donors (Lipinski definition) is 2. The van der Waals surface area contributed by atoms with Crippen molar-refractivity contribution >= 4 is 29.1 Å².